The number of carboxylic acid groups (broad SMARTS) is 1. The monoisotopic (exact) mass is 272 g/mol. The van der Waals surface area contributed by atoms with Crippen LogP contribution in [0.2, 0.25) is 0 Å². The zero-order valence-electron chi connectivity index (χ0n) is 10.8. The van der Waals surface area contributed by atoms with Crippen LogP contribution in [0, 0.1) is 5.82 Å². The van der Waals surface area contributed by atoms with Crippen LogP contribution in [-0.2, 0) is 4.79 Å². The minimum absolute atomic E-state index is 0.317. The molecule has 0 saturated carbocycles. The van der Waals surface area contributed by atoms with E-state index in [1.165, 1.54) is 12.1 Å². The highest BCUT2D eigenvalue weighted by molar-refractivity contribution is 5.89. The second-order valence-electron chi connectivity index (χ2n) is 4.25. The summed E-state index contributed by atoms with van der Waals surface area (Å²) in [4.78, 5) is 10.6. The summed E-state index contributed by atoms with van der Waals surface area (Å²) in [7, 11) is 0. The quantitative estimate of drug-likeness (QED) is 0.852. The molecule has 0 aromatic heterocycles. The van der Waals surface area contributed by atoms with E-state index in [-0.39, 0.29) is 5.82 Å². The van der Waals surface area contributed by atoms with Crippen LogP contribution in [0.4, 0.5) is 4.39 Å². The fraction of sp³-hybridized carbons (Fsp3) is 0.0625. The maximum Gasteiger partial charge on any atom is 0.328 e. The lowest BCUT2D eigenvalue weighted by atomic mass is 10.1. The Kier molecular flexibility index (Phi) is 4.15. The smallest absolute Gasteiger partial charge is 0.328 e. The summed E-state index contributed by atoms with van der Waals surface area (Å²) in [6, 6.07) is 12.7. The van der Waals surface area contributed by atoms with Gasteiger partial charge in [-0.2, -0.15) is 0 Å². The van der Waals surface area contributed by atoms with E-state index in [4.69, 9.17) is 9.84 Å². The van der Waals surface area contributed by atoms with Crippen LogP contribution < -0.4 is 4.74 Å². The summed E-state index contributed by atoms with van der Waals surface area (Å²) in [6.07, 6.45) is 1.15. The summed E-state index contributed by atoms with van der Waals surface area (Å²) in [6.45, 7) is 1.73. The minimum Gasteiger partial charge on any atom is -0.478 e. The molecule has 0 aliphatic heterocycles. The topological polar surface area (TPSA) is 46.5 Å². The van der Waals surface area contributed by atoms with Crippen molar-refractivity contribution in [3.05, 3.63) is 66.0 Å². The first-order chi connectivity index (χ1) is 9.54. The van der Waals surface area contributed by atoms with Gasteiger partial charge in [-0.3, -0.25) is 0 Å². The van der Waals surface area contributed by atoms with Gasteiger partial charge in [0.25, 0.3) is 0 Å². The van der Waals surface area contributed by atoms with Gasteiger partial charge in [0.05, 0.1) is 0 Å². The van der Waals surface area contributed by atoms with E-state index in [1.807, 2.05) is 0 Å². The summed E-state index contributed by atoms with van der Waals surface area (Å²) in [5, 5.41) is 8.69. The number of aliphatic carboxylic acids is 1. The Balaban J connectivity index is 2.12. The van der Waals surface area contributed by atoms with Crippen molar-refractivity contribution in [2.75, 3.05) is 0 Å². The normalized spacial score (nSPS) is 11.2. The Morgan fingerprint density at radius 1 is 1.05 bits per heavy atom. The van der Waals surface area contributed by atoms with Gasteiger partial charge in [-0.25, -0.2) is 9.18 Å². The van der Waals surface area contributed by atoms with Crippen molar-refractivity contribution in [3.8, 4) is 11.5 Å². The van der Waals surface area contributed by atoms with Crippen molar-refractivity contribution < 1.29 is 19.0 Å². The molecule has 0 aliphatic rings. The number of rotatable bonds is 4. The highest BCUT2D eigenvalue weighted by Gasteiger charge is 2.01. The van der Waals surface area contributed by atoms with E-state index in [0.29, 0.717) is 17.1 Å². The molecule has 0 atom stereocenters. The van der Waals surface area contributed by atoms with E-state index >= 15 is 0 Å². The largest absolute Gasteiger partial charge is 0.478 e. The average molecular weight is 272 g/mol. The fourth-order valence-electron chi connectivity index (χ4n) is 1.69. The third kappa shape index (κ3) is 3.68. The lowest BCUT2D eigenvalue weighted by molar-refractivity contribution is -0.131. The molecule has 2 rings (SSSR count). The minimum atomic E-state index is -0.978. The standard InChI is InChI=1S/C16H13FO3/c1-11(10-16(18)19)12-2-6-14(7-3-12)20-15-8-4-13(17)5-9-15/h2-10H,1H3,(H,18,19)/b11-10+. The van der Waals surface area contributed by atoms with E-state index in [9.17, 15) is 9.18 Å². The van der Waals surface area contributed by atoms with Crippen molar-refractivity contribution in [3.63, 3.8) is 0 Å². The first kappa shape index (κ1) is 13.8. The Morgan fingerprint density at radius 3 is 2.05 bits per heavy atom. The van der Waals surface area contributed by atoms with Gasteiger partial charge in [0.1, 0.15) is 17.3 Å². The third-order valence-electron chi connectivity index (χ3n) is 2.70. The number of hydrogen-bond donors (Lipinski definition) is 1. The van der Waals surface area contributed by atoms with Crippen molar-refractivity contribution >= 4 is 11.5 Å². The van der Waals surface area contributed by atoms with Crippen LogP contribution in [0.25, 0.3) is 5.57 Å². The maximum atomic E-state index is 12.8. The van der Waals surface area contributed by atoms with Crippen molar-refractivity contribution in [1.29, 1.82) is 0 Å². The Labute approximate surface area is 115 Å². The molecule has 0 amide bonds. The second kappa shape index (κ2) is 6.02. The number of halogens is 1. The van der Waals surface area contributed by atoms with E-state index in [1.54, 1.807) is 43.3 Å². The summed E-state index contributed by atoms with van der Waals surface area (Å²) in [5.41, 5.74) is 1.46. The predicted octanol–water partition coefficient (Wildman–Crippen LogP) is 4.11. The molecule has 1 N–H and O–H groups in total. The van der Waals surface area contributed by atoms with Crippen molar-refractivity contribution in [1.82, 2.24) is 0 Å². The Morgan fingerprint density at radius 2 is 1.55 bits per heavy atom. The maximum absolute atomic E-state index is 12.8. The van der Waals surface area contributed by atoms with E-state index in [2.05, 4.69) is 0 Å². The van der Waals surface area contributed by atoms with Gasteiger partial charge in [0.2, 0.25) is 0 Å². The zero-order valence-corrected chi connectivity index (χ0v) is 10.8. The molecular formula is C16H13FO3. The van der Waals surface area contributed by atoms with Crippen molar-refractivity contribution in [2.24, 2.45) is 0 Å². The molecule has 4 heteroatoms. The average Bonchev–Trinajstić information content (AvgIpc) is 2.41. The zero-order chi connectivity index (χ0) is 14.5. The molecule has 0 spiro atoms. The number of hydrogen-bond acceptors (Lipinski definition) is 2. The molecule has 0 fully saturated rings. The molecule has 0 aliphatic carbocycles. The summed E-state index contributed by atoms with van der Waals surface area (Å²) < 4.78 is 18.3. The second-order valence-corrected chi connectivity index (χ2v) is 4.25. The lowest BCUT2D eigenvalue weighted by Gasteiger charge is -2.07. The molecule has 20 heavy (non-hydrogen) atoms. The summed E-state index contributed by atoms with van der Waals surface area (Å²) in [5.74, 6) is -0.156. The van der Waals surface area contributed by atoms with Gasteiger partial charge in [-0.15, -0.1) is 0 Å². The number of carbonyl (C=O) groups is 1. The van der Waals surface area contributed by atoms with E-state index < -0.39 is 5.97 Å². The fourth-order valence-corrected chi connectivity index (χ4v) is 1.69. The molecule has 0 unspecified atom stereocenters. The Bertz CT molecular complexity index is 628. The van der Waals surface area contributed by atoms with Gasteiger partial charge in [-0.1, -0.05) is 12.1 Å². The molecule has 2 aromatic carbocycles. The summed E-state index contributed by atoms with van der Waals surface area (Å²) >= 11 is 0. The van der Waals surface area contributed by atoms with Crippen LogP contribution in [0.15, 0.2) is 54.6 Å². The Hall–Kier alpha value is -2.62. The lowest BCUT2D eigenvalue weighted by Crippen LogP contribution is -1.90. The molecule has 0 bridgehead atoms. The van der Waals surface area contributed by atoms with Gasteiger partial charge in [0, 0.05) is 6.08 Å². The molecule has 0 radical (unpaired) electrons. The first-order valence-electron chi connectivity index (χ1n) is 6.00. The van der Waals surface area contributed by atoms with Crippen LogP contribution in [0.5, 0.6) is 11.5 Å². The third-order valence-corrected chi connectivity index (χ3v) is 2.70. The molecule has 2 aromatic rings. The van der Waals surface area contributed by atoms with Crippen LogP contribution >= 0.6 is 0 Å². The van der Waals surface area contributed by atoms with Gasteiger partial charge in [0.15, 0.2) is 0 Å². The van der Waals surface area contributed by atoms with Gasteiger partial charge >= 0.3 is 5.97 Å². The molecular weight excluding hydrogens is 259 g/mol. The highest BCUT2D eigenvalue weighted by atomic mass is 19.1. The van der Waals surface area contributed by atoms with Gasteiger partial charge < -0.3 is 9.84 Å². The van der Waals surface area contributed by atoms with Crippen LogP contribution in [0.1, 0.15) is 12.5 Å². The molecule has 0 saturated heterocycles. The first-order valence-corrected chi connectivity index (χ1v) is 6.00. The molecule has 0 heterocycles. The molecule has 102 valence electrons. The van der Waals surface area contributed by atoms with Crippen LogP contribution in [-0.4, -0.2) is 11.1 Å². The number of carboxylic acids is 1. The number of ether oxygens (including phenoxy) is 1. The van der Waals surface area contributed by atoms with Crippen molar-refractivity contribution in [2.45, 2.75) is 6.92 Å². The predicted molar refractivity (Wildman–Crippen MR) is 74.2 cm³/mol. The van der Waals surface area contributed by atoms with E-state index in [0.717, 1.165) is 11.6 Å². The number of allylic oxidation sites excluding steroid dienone is 1. The van der Waals surface area contributed by atoms with Gasteiger partial charge in [-0.05, 0) is 54.5 Å². The highest BCUT2D eigenvalue weighted by Crippen LogP contribution is 2.23. The van der Waals surface area contributed by atoms with Crippen LogP contribution in [0.3, 0.4) is 0 Å². The molecule has 3 nitrogen and oxygen atoms in total. The SMILES string of the molecule is C/C(=C\C(=O)O)c1ccc(Oc2ccc(F)cc2)cc1. The number of benzene rings is 2.